The molecule has 4 N–H and O–H groups in total. The molecule has 6 nitrogen and oxygen atoms in total. The smallest absolute Gasteiger partial charge is 0.249 e. The Morgan fingerprint density at radius 1 is 1.62 bits per heavy atom. The summed E-state index contributed by atoms with van der Waals surface area (Å²) in [6.45, 7) is 2.30. The quantitative estimate of drug-likeness (QED) is 0.530. The molecular formula is C10H17N3O3. The van der Waals surface area contributed by atoms with Gasteiger partial charge >= 0.3 is 0 Å². The summed E-state index contributed by atoms with van der Waals surface area (Å²) < 4.78 is 0. The molecule has 0 aromatic rings. The van der Waals surface area contributed by atoms with E-state index in [1.54, 1.807) is 0 Å². The molecule has 0 radical (unpaired) electrons. The number of imide groups is 1. The molecule has 16 heavy (non-hydrogen) atoms. The van der Waals surface area contributed by atoms with Gasteiger partial charge in [-0.1, -0.05) is 6.92 Å². The van der Waals surface area contributed by atoms with Crippen LogP contribution in [0.5, 0.6) is 0 Å². The molecule has 90 valence electrons. The van der Waals surface area contributed by atoms with Crippen molar-refractivity contribution in [2.24, 2.45) is 11.7 Å². The predicted octanol–water partition coefficient (Wildman–Crippen LogP) is -1.11. The summed E-state index contributed by atoms with van der Waals surface area (Å²) >= 11 is 0. The molecule has 2 atom stereocenters. The Labute approximate surface area is 93.9 Å². The Bertz CT molecular complexity index is 304. The topological polar surface area (TPSA) is 101 Å². The summed E-state index contributed by atoms with van der Waals surface area (Å²) in [5.41, 5.74) is 5.40. The molecule has 1 aliphatic rings. The maximum absolute atomic E-state index is 11.5. The highest BCUT2D eigenvalue weighted by molar-refractivity contribution is 6.01. The lowest BCUT2D eigenvalue weighted by Crippen LogP contribution is -2.52. The van der Waals surface area contributed by atoms with Crippen molar-refractivity contribution < 1.29 is 14.4 Å². The Hall–Kier alpha value is -1.43. The van der Waals surface area contributed by atoms with Crippen LogP contribution < -0.4 is 16.4 Å². The third-order valence-electron chi connectivity index (χ3n) is 2.51. The largest absolute Gasteiger partial charge is 0.344 e. The minimum absolute atomic E-state index is 0.0910. The monoisotopic (exact) mass is 227 g/mol. The number of hydrogen-bond donors (Lipinski definition) is 3. The van der Waals surface area contributed by atoms with Gasteiger partial charge in [0.25, 0.3) is 0 Å². The summed E-state index contributed by atoms with van der Waals surface area (Å²) in [4.78, 5) is 33.7. The van der Waals surface area contributed by atoms with E-state index in [1.807, 2.05) is 6.92 Å². The van der Waals surface area contributed by atoms with Gasteiger partial charge in [-0.25, -0.2) is 0 Å². The van der Waals surface area contributed by atoms with Crippen LogP contribution in [0.1, 0.15) is 26.2 Å². The molecule has 0 aromatic heterocycles. The van der Waals surface area contributed by atoms with Crippen molar-refractivity contribution in [3.8, 4) is 0 Å². The van der Waals surface area contributed by atoms with Gasteiger partial charge in [-0.2, -0.15) is 0 Å². The molecule has 0 aliphatic carbocycles. The summed E-state index contributed by atoms with van der Waals surface area (Å²) in [5, 5.41) is 4.78. The minimum Gasteiger partial charge on any atom is -0.344 e. The molecule has 0 saturated carbocycles. The number of carbonyl (C=O) groups is 3. The van der Waals surface area contributed by atoms with E-state index in [0.29, 0.717) is 19.4 Å². The first kappa shape index (κ1) is 12.6. The number of amides is 3. The van der Waals surface area contributed by atoms with E-state index in [9.17, 15) is 14.4 Å². The van der Waals surface area contributed by atoms with Crippen molar-refractivity contribution in [3.63, 3.8) is 0 Å². The summed E-state index contributed by atoms with van der Waals surface area (Å²) in [7, 11) is 0. The van der Waals surface area contributed by atoms with Crippen LogP contribution in [0.25, 0.3) is 0 Å². The number of hydrogen-bond acceptors (Lipinski definition) is 4. The first-order valence-corrected chi connectivity index (χ1v) is 5.36. The number of nitrogens with one attached hydrogen (secondary N) is 2. The normalized spacial score (nSPS) is 22.5. The van der Waals surface area contributed by atoms with Gasteiger partial charge in [-0.15, -0.1) is 0 Å². The average Bonchev–Trinajstić information content (AvgIpc) is 2.22. The second kappa shape index (κ2) is 5.60. The SMILES string of the molecule is CC(CN)CC(=O)NC1CCC(=O)NC1=O. The van der Waals surface area contributed by atoms with Crippen LogP contribution in [0.2, 0.25) is 0 Å². The number of rotatable bonds is 4. The van der Waals surface area contributed by atoms with E-state index in [4.69, 9.17) is 5.73 Å². The van der Waals surface area contributed by atoms with Gasteiger partial charge in [0.2, 0.25) is 17.7 Å². The van der Waals surface area contributed by atoms with E-state index in [1.165, 1.54) is 0 Å². The number of carbonyl (C=O) groups excluding carboxylic acids is 3. The van der Waals surface area contributed by atoms with E-state index in [2.05, 4.69) is 10.6 Å². The fourth-order valence-corrected chi connectivity index (χ4v) is 1.48. The predicted molar refractivity (Wildman–Crippen MR) is 57.1 cm³/mol. The summed E-state index contributed by atoms with van der Waals surface area (Å²) in [6, 6.07) is -0.588. The molecule has 1 rings (SSSR count). The van der Waals surface area contributed by atoms with Gasteiger partial charge in [-0.05, 0) is 18.9 Å². The van der Waals surface area contributed by atoms with Gasteiger partial charge < -0.3 is 11.1 Å². The first-order chi connectivity index (χ1) is 7.52. The maximum Gasteiger partial charge on any atom is 0.249 e. The van der Waals surface area contributed by atoms with Crippen molar-refractivity contribution in [3.05, 3.63) is 0 Å². The molecule has 1 aliphatic heterocycles. The Morgan fingerprint density at radius 2 is 2.31 bits per heavy atom. The molecule has 2 unspecified atom stereocenters. The molecule has 1 saturated heterocycles. The molecular weight excluding hydrogens is 210 g/mol. The highest BCUT2D eigenvalue weighted by Gasteiger charge is 2.27. The van der Waals surface area contributed by atoms with Gasteiger partial charge in [0.1, 0.15) is 6.04 Å². The van der Waals surface area contributed by atoms with Gasteiger partial charge in [0, 0.05) is 12.8 Å². The van der Waals surface area contributed by atoms with Crippen molar-refractivity contribution in [1.29, 1.82) is 0 Å². The van der Waals surface area contributed by atoms with Crippen molar-refractivity contribution in [2.45, 2.75) is 32.2 Å². The molecule has 0 bridgehead atoms. The lowest BCUT2D eigenvalue weighted by atomic mass is 10.0. The summed E-state index contributed by atoms with van der Waals surface area (Å²) in [6.07, 6.45) is 0.935. The van der Waals surface area contributed by atoms with Gasteiger partial charge in [0.15, 0.2) is 0 Å². The summed E-state index contributed by atoms with van der Waals surface area (Å²) in [5.74, 6) is -0.823. The fraction of sp³-hybridized carbons (Fsp3) is 0.700. The molecule has 6 heteroatoms. The second-order valence-electron chi connectivity index (χ2n) is 4.12. The molecule has 0 aromatic carbocycles. The van der Waals surface area contributed by atoms with Crippen molar-refractivity contribution in [2.75, 3.05) is 6.54 Å². The Balaban J connectivity index is 2.39. The number of nitrogens with two attached hydrogens (primary N) is 1. The third kappa shape index (κ3) is 3.62. The van der Waals surface area contributed by atoms with E-state index in [0.717, 1.165) is 0 Å². The highest BCUT2D eigenvalue weighted by atomic mass is 16.2. The second-order valence-corrected chi connectivity index (χ2v) is 4.12. The van der Waals surface area contributed by atoms with Crippen LogP contribution in [-0.4, -0.2) is 30.3 Å². The Kier molecular flexibility index (Phi) is 4.42. The van der Waals surface area contributed by atoms with Crippen LogP contribution in [-0.2, 0) is 14.4 Å². The average molecular weight is 227 g/mol. The zero-order valence-corrected chi connectivity index (χ0v) is 9.29. The molecule has 1 heterocycles. The van der Waals surface area contributed by atoms with Crippen LogP contribution >= 0.6 is 0 Å². The van der Waals surface area contributed by atoms with E-state index in [-0.39, 0.29) is 24.2 Å². The lowest BCUT2D eigenvalue weighted by molar-refractivity contribution is -0.137. The third-order valence-corrected chi connectivity index (χ3v) is 2.51. The van der Waals surface area contributed by atoms with Gasteiger partial charge in [0.05, 0.1) is 0 Å². The Morgan fingerprint density at radius 3 is 2.88 bits per heavy atom. The van der Waals surface area contributed by atoms with Gasteiger partial charge in [-0.3, -0.25) is 19.7 Å². The van der Waals surface area contributed by atoms with Crippen LogP contribution in [0.3, 0.4) is 0 Å². The van der Waals surface area contributed by atoms with Crippen LogP contribution in [0.15, 0.2) is 0 Å². The maximum atomic E-state index is 11.5. The lowest BCUT2D eigenvalue weighted by Gasteiger charge is -2.22. The van der Waals surface area contributed by atoms with E-state index < -0.39 is 11.9 Å². The molecule has 3 amide bonds. The van der Waals surface area contributed by atoms with Crippen LogP contribution in [0, 0.1) is 5.92 Å². The molecule has 1 fully saturated rings. The standard InChI is InChI=1S/C10H17N3O3/c1-6(5-11)4-9(15)12-7-2-3-8(14)13-10(7)16/h6-7H,2-5,11H2,1H3,(H,12,15)(H,13,14,16). The first-order valence-electron chi connectivity index (χ1n) is 5.36. The van der Waals surface area contributed by atoms with Crippen molar-refractivity contribution >= 4 is 17.7 Å². The van der Waals surface area contributed by atoms with Crippen molar-refractivity contribution in [1.82, 2.24) is 10.6 Å². The van der Waals surface area contributed by atoms with E-state index >= 15 is 0 Å². The van der Waals surface area contributed by atoms with Crippen LogP contribution in [0.4, 0.5) is 0 Å². The zero-order chi connectivity index (χ0) is 12.1. The number of piperidine rings is 1. The minimum atomic E-state index is -0.588. The zero-order valence-electron chi connectivity index (χ0n) is 9.29. The molecule has 0 spiro atoms. The highest BCUT2D eigenvalue weighted by Crippen LogP contribution is 2.06. The fourth-order valence-electron chi connectivity index (χ4n) is 1.48.